The Hall–Kier alpha value is -2.17. The van der Waals surface area contributed by atoms with Crippen LogP contribution in [0, 0.1) is 5.92 Å². The van der Waals surface area contributed by atoms with Crippen LogP contribution in [0.4, 0.5) is 5.69 Å². The summed E-state index contributed by atoms with van der Waals surface area (Å²) < 4.78 is 5.45. The minimum Gasteiger partial charge on any atom is -0.378 e. The number of Topliss-reactive ketones (excluding diaryl/α,β-unsaturated/α-hetero) is 1. The first-order chi connectivity index (χ1) is 14.4. The number of ether oxygens (including phenoxy) is 1. The minimum atomic E-state index is -0.670. The molecule has 4 heteroatoms. The number of hydrogen-bond acceptors (Lipinski definition) is 4. The van der Waals surface area contributed by atoms with Gasteiger partial charge in [0.2, 0.25) is 0 Å². The van der Waals surface area contributed by atoms with Crippen molar-refractivity contribution >= 4 is 11.5 Å². The maximum atomic E-state index is 13.8. The summed E-state index contributed by atoms with van der Waals surface area (Å²) in [5.41, 5.74) is 3.62. The van der Waals surface area contributed by atoms with Crippen molar-refractivity contribution in [3.8, 4) is 0 Å². The van der Waals surface area contributed by atoms with Gasteiger partial charge in [-0.3, -0.25) is 9.69 Å². The molecular formula is C26H36N2O2. The lowest BCUT2D eigenvalue weighted by Crippen LogP contribution is -2.48. The molecule has 162 valence electrons. The Morgan fingerprint density at radius 1 is 1.03 bits per heavy atom. The van der Waals surface area contributed by atoms with E-state index in [4.69, 9.17) is 4.74 Å². The standard InChI is InChI=1S/C26H36N2O2/c1-6-26(27(4)5,23-11-7-21(8-12-23)19-20(2)3)25(29)22-9-13-24(14-10-22)28-15-17-30-18-16-28/h7-14,20H,6,15-19H2,1-5H3. The second-order valence-corrected chi connectivity index (χ2v) is 8.88. The van der Waals surface area contributed by atoms with Gasteiger partial charge in [0.15, 0.2) is 5.78 Å². The largest absolute Gasteiger partial charge is 0.378 e. The molecule has 1 aliphatic heterocycles. The summed E-state index contributed by atoms with van der Waals surface area (Å²) in [5.74, 6) is 0.771. The van der Waals surface area contributed by atoms with Gasteiger partial charge in [-0.1, -0.05) is 45.0 Å². The summed E-state index contributed by atoms with van der Waals surface area (Å²) in [6.07, 6.45) is 1.77. The molecule has 0 amide bonds. The molecule has 3 rings (SSSR count). The lowest BCUT2D eigenvalue weighted by Gasteiger charge is -2.38. The van der Waals surface area contributed by atoms with Crippen molar-refractivity contribution in [2.45, 2.75) is 39.2 Å². The lowest BCUT2D eigenvalue weighted by atomic mass is 9.79. The van der Waals surface area contributed by atoms with Gasteiger partial charge in [0.25, 0.3) is 0 Å². The molecule has 0 spiro atoms. The highest BCUT2D eigenvalue weighted by atomic mass is 16.5. The van der Waals surface area contributed by atoms with E-state index in [9.17, 15) is 4.79 Å². The number of rotatable bonds is 8. The SMILES string of the molecule is CCC(C(=O)c1ccc(N2CCOCC2)cc1)(c1ccc(CC(C)C)cc1)N(C)C. The molecule has 0 aromatic heterocycles. The Kier molecular flexibility index (Phi) is 7.32. The van der Waals surface area contributed by atoms with Crippen LogP contribution in [0.1, 0.15) is 48.7 Å². The average Bonchev–Trinajstić information content (AvgIpc) is 2.76. The van der Waals surface area contributed by atoms with Crippen LogP contribution in [0.25, 0.3) is 0 Å². The highest BCUT2D eigenvalue weighted by molar-refractivity contribution is 6.04. The fraction of sp³-hybridized carbons (Fsp3) is 0.500. The molecule has 1 fully saturated rings. The molecule has 2 aromatic carbocycles. The van der Waals surface area contributed by atoms with Gasteiger partial charge in [0, 0.05) is 24.3 Å². The summed E-state index contributed by atoms with van der Waals surface area (Å²) >= 11 is 0. The van der Waals surface area contributed by atoms with Crippen LogP contribution in [0.2, 0.25) is 0 Å². The Labute approximate surface area is 181 Å². The number of morpholine rings is 1. The molecule has 0 N–H and O–H groups in total. The van der Waals surface area contributed by atoms with Crippen LogP contribution in [0.3, 0.4) is 0 Å². The van der Waals surface area contributed by atoms with Gasteiger partial charge in [0.1, 0.15) is 5.54 Å². The third-order valence-corrected chi connectivity index (χ3v) is 6.23. The van der Waals surface area contributed by atoms with Crippen LogP contribution in [-0.2, 0) is 16.7 Å². The minimum absolute atomic E-state index is 0.153. The number of ketones is 1. The van der Waals surface area contributed by atoms with Crippen molar-refractivity contribution in [3.05, 3.63) is 65.2 Å². The van der Waals surface area contributed by atoms with Crippen molar-refractivity contribution in [1.29, 1.82) is 0 Å². The Morgan fingerprint density at radius 2 is 1.63 bits per heavy atom. The normalized spacial score (nSPS) is 16.7. The van der Waals surface area contributed by atoms with Crippen molar-refractivity contribution in [1.82, 2.24) is 4.90 Å². The second kappa shape index (κ2) is 9.76. The van der Waals surface area contributed by atoms with Gasteiger partial charge in [-0.2, -0.15) is 0 Å². The third-order valence-electron chi connectivity index (χ3n) is 6.23. The van der Waals surface area contributed by atoms with E-state index in [2.05, 4.69) is 67.0 Å². The maximum absolute atomic E-state index is 13.8. The molecule has 1 unspecified atom stereocenters. The third kappa shape index (κ3) is 4.60. The zero-order valence-corrected chi connectivity index (χ0v) is 19.1. The van der Waals surface area contributed by atoms with Gasteiger partial charge in [0.05, 0.1) is 13.2 Å². The predicted molar refractivity (Wildman–Crippen MR) is 124 cm³/mol. The van der Waals surface area contributed by atoms with Gasteiger partial charge in [-0.15, -0.1) is 0 Å². The molecule has 0 radical (unpaired) electrons. The smallest absolute Gasteiger partial charge is 0.187 e. The molecule has 4 nitrogen and oxygen atoms in total. The summed E-state index contributed by atoms with van der Waals surface area (Å²) in [6, 6.07) is 16.7. The molecule has 1 atom stereocenters. The van der Waals surface area contributed by atoms with Crippen molar-refractivity contribution in [3.63, 3.8) is 0 Å². The van der Waals surface area contributed by atoms with Crippen molar-refractivity contribution in [2.75, 3.05) is 45.3 Å². The first kappa shape index (κ1) is 22.5. The van der Waals surface area contributed by atoms with E-state index in [1.165, 1.54) is 5.56 Å². The first-order valence-electron chi connectivity index (χ1n) is 11.1. The Morgan fingerprint density at radius 3 is 2.13 bits per heavy atom. The lowest BCUT2D eigenvalue weighted by molar-refractivity contribution is 0.0660. The van der Waals surface area contributed by atoms with E-state index in [1.807, 2.05) is 26.2 Å². The molecular weight excluding hydrogens is 372 g/mol. The van der Waals surface area contributed by atoms with E-state index in [0.29, 0.717) is 12.3 Å². The molecule has 1 aliphatic rings. The number of carbonyl (C=O) groups excluding carboxylic acids is 1. The number of nitrogens with zero attached hydrogens (tertiary/aromatic N) is 2. The predicted octanol–water partition coefficient (Wildman–Crippen LogP) is 4.77. The Bertz CT molecular complexity index is 821. The van der Waals surface area contributed by atoms with Crippen LogP contribution >= 0.6 is 0 Å². The molecule has 30 heavy (non-hydrogen) atoms. The number of anilines is 1. The topological polar surface area (TPSA) is 32.8 Å². The zero-order valence-electron chi connectivity index (χ0n) is 19.1. The number of likely N-dealkylation sites (N-methyl/N-ethyl adjacent to an activating group) is 1. The van der Waals surface area contributed by atoms with Gasteiger partial charge < -0.3 is 9.64 Å². The molecule has 1 saturated heterocycles. The highest BCUT2D eigenvalue weighted by Gasteiger charge is 2.41. The molecule has 0 saturated carbocycles. The van der Waals surface area contributed by atoms with Gasteiger partial charge in [-0.25, -0.2) is 0 Å². The fourth-order valence-electron chi connectivity index (χ4n) is 4.55. The van der Waals surface area contributed by atoms with Crippen LogP contribution in [0.15, 0.2) is 48.5 Å². The fourth-order valence-corrected chi connectivity index (χ4v) is 4.55. The summed E-state index contributed by atoms with van der Waals surface area (Å²) in [4.78, 5) is 18.2. The van der Waals surface area contributed by atoms with Crippen LogP contribution < -0.4 is 4.90 Å². The summed E-state index contributed by atoms with van der Waals surface area (Å²) in [7, 11) is 4.01. The highest BCUT2D eigenvalue weighted by Crippen LogP contribution is 2.35. The summed E-state index contributed by atoms with van der Waals surface area (Å²) in [5, 5.41) is 0. The van der Waals surface area contributed by atoms with E-state index >= 15 is 0 Å². The molecule has 2 aromatic rings. The molecule has 0 aliphatic carbocycles. The van der Waals surface area contributed by atoms with E-state index in [-0.39, 0.29) is 5.78 Å². The maximum Gasteiger partial charge on any atom is 0.187 e. The van der Waals surface area contributed by atoms with Crippen LogP contribution in [0.5, 0.6) is 0 Å². The zero-order chi connectivity index (χ0) is 21.7. The molecule has 0 bridgehead atoms. The van der Waals surface area contributed by atoms with Crippen molar-refractivity contribution in [2.24, 2.45) is 5.92 Å². The van der Waals surface area contributed by atoms with Gasteiger partial charge >= 0.3 is 0 Å². The van der Waals surface area contributed by atoms with E-state index in [1.54, 1.807) is 0 Å². The van der Waals surface area contributed by atoms with Gasteiger partial charge in [-0.05, 0) is 68.2 Å². The number of hydrogen-bond donors (Lipinski definition) is 0. The van der Waals surface area contributed by atoms with Crippen LogP contribution in [-0.4, -0.2) is 51.1 Å². The van der Waals surface area contributed by atoms with Crippen molar-refractivity contribution < 1.29 is 9.53 Å². The number of benzene rings is 2. The van der Waals surface area contributed by atoms with E-state index in [0.717, 1.165) is 49.5 Å². The quantitative estimate of drug-likeness (QED) is 0.589. The summed E-state index contributed by atoms with van der Waals surface area (Å²) in [6.45, 7) is 9.86. The molecule has 1 heterocycles. The Balaban J connectivity index is 1.90. The second-order valence-electron chi connectivity index (χ2n) is 8.88. The van der Waals surface area contributed by atoms with E-state index < -0.39 is 5.54 Å². The monoisotopic (exact) mass is 408 g/mol. The number of carbonyl (C=O) groups is 1. The first-order valence-corrected chi connectivity index (χ1v) is 11.1. The average molecular weight is 409 g/mol.